The standard InChI is InChI=1S/C22H24F2N4O/c1-13(2)25-22(29)21-17-11-15(5-6-19(17)26-27-21)16-9-14(10-18(23)20(16)24)12-28-7-3-4-8-28/h5-6,9-11,13H,3-4,7-8,12H2,1-2H3,(H,25,29)(H,26,27). The molecule has 0 saturated carbocycles. The van der Waals surface area contributed by atoms with Gasteiger partial charge >= 0.3 is 0 Å². The van der Waals surface area contributed by atoms with Crippen LogP contribution in [0.15, 0.2) is 30.3 Å². The van der Waals surface area contributed by atoms with E-state index in [-0.39, 0.29) is 23.2 Å². The SMILES string of the molecule is CC(C)NC(=O)c1n[nH]c2ccc(-c3cc(CN4CCCC4)cc(F)c3F)cc12. The van der Waals surface area contributed by atoms with Crippen molar-refractivity contribution in [1.82, 2.24) is 20.4 Å². The molecule has 0 spiro atoms. The molecule has 2 heterocycles. The number of aromatic amines is 1. The van der Waals surface area contributed by atoms with Crippen molar-refractivity contribution >= 4 is 16.8 Å². The fourth-order valence-electron chi connectivity index (χ4n) is 3.83. The zero-order chi connectivity index (χ0) is 20.5. The first kappa shape index (κ1) is 19.5. The molecule has 0 unspecified atom stereocenters. The molecule has 1 saturated heterocycles. The molecule has 5 nitrogen and oxygen atoms in total. The van der Waals surface area contributed by atoms with Crippen molar-refractivity contribution in [2.75, 3.05) is 13.1 Å². The van der Waals surface area contributed by atoms with Crippen LogP contribution >= 0.6 is 0 Å². The van der Waals surface area contributed by atoms with Crippen molar-refractivity contribution in [1.29, 1.82) is 0 Å². The van der Waals surface area contributed by atoms with Gasteiger partial charge in [0.25, 0.3) is 5.91 Å². The van der Waals surface area contributed by atoms with Gasteiger partial charge in [-0.3, -0.25) is 14.8 Å². The van der Waals surface area contributed by atoms with Crippen molar-refractivity contribution in [3.8, 4) is 11.1 Å². The molecule has 1 aliphatic heterocycles. The smallest absolute Gasteiger partial charge is 0.272 e. The minimum absolute atomic E-state index is 0.0359. The second kappa shape index (κ2) is 7.91. The Bertz CT molecular complexity index is 1050. The van der Waals surface area contributed by atoms with Gasteiger partial charge in [-0.25, -0.2) is 8.78 Å². The van der Waals surface area contributed by atoms with Crippen LogP contribution in [0.5, 0.6) is 0 Å². The molecule has 4 rings (SSSR count). The normalized spacial score (nSPS) is 14.8. The van der Waals surface area contributed by atoms with E-state index in [1.807, 2.05) is 13.8 Å². The van der Waals surface area contributed by atoms with Crippen molar-refractivity contribution in [3.63, 3.8) is 0 Å². The average molecular weight is 398 g/mol. The Labute approximate surface area is 168 Å². The maximum absolute atomic E-state index is 14.6. The van der Waals surface area contributed by atoms with E-state index in [9.17, 15) is 13.6 Å². The fourth-order valence-corrected chi connectivity index (χ4v) is 3.83. The molecular weight excluding hydrogens is 374 g/mol. The molecule has 0 aliphatic carbocycles. The Morgan fingerprint density at radius 2 is 1.97 bits per heavy atom. The lowest BCUT2D eigenvalue weighted by Crippen LogP contribution is -2.30. The van der Waals surface area contributed by atoms with Gasteiger partial charge in [-0.05, 0) is 75.2 Å². The van der Waals surface area contributed by atoms with Gasteiger partial charge in [-0.15, -0.1) is 0 Å². The first-order valence-corrected chi connectivity index (χ1v) is 9.92. The molecule has 3 aromatic rings. The summed E-state index contributed by atoms with van der Waals surface area (Å²) in [7, 11) is 0. The molecule has 29 heavy (non-hydrogen) atoms. The third-order valence-electron chi connectivity index (χ3n) is 5.20. The van der Waals surface area contributed by atoms with E-state index >= 15 is 0 Å². The van der Waals surface area contributed by atoms with Gasteiger partial charge < -0.3 is 5.32 Å². The number of hydrogen-bond acceptors (Lipinski definition) is 3. The predicted molar refractivity (Wildman–Crippen MR) is 109 cm³/mol. The van der Waals surface area contributed by atoms with Crippen LogP contribution in [0, 0.1) is 11.6 Å². The van der Waals surface area contributed by atoms with E-state index in [1.54, 1.807) is 24.3 Å². The number of carbonyl (C=O) groups excluding carboxylic acids is 1. The van der Waals surface area contributed by atoms with E-state index in [4.69, 9.17) is 0 Å². The fraction of sp³-hybridized carbons (Fsp3) is 0.364. The molecule has 2 N–H and O–H groups in total. The van der Waals surface area contributed by atoms with Crippen LogP contribution in [-0.2, 0) is 6.54 Å². The maximum atomic E-state index is 14.6. The lowest BCUT2D eigenvalue weighted by atomic mass is 9.99. The zero-order valence-corrected chi connectivity index (χ0v) is 16.6. The Morgan fingerprint density at radius 3 is 2.69 bits per heavy atom. The van der Waals surface area contributed by atoms with Crippen molar-refractivity contribution in [2.24, 2.45) is 0 Å². The van der Waals surface area contributed by atoms with Crippen LogP contribution in [0.2, 0.25) is 0 Å². The molecule has 0 bridgehead atoms. The highest BCUT2D eigenvalue weighted by Crippen LogP contribution is 2.30. The third kappa shape index (κ3) is 4.00. The Balaban J connectivity index is 1.73. The number of rotatable bonds is 5. The summed E-state index contributed by atoms with van der Waals surface area (Å²) in [5, 5.41) is 10.3. The molecule has 1 amide bonds. The molecule has 1 aromatic heterocycles. The first-order chi connectivity index (χ1) is 13.9. The molecule has 0 atom stereocenters. The summed E-state index contributed by atoms with van der Waals surface area (Å²) >= 11 is 0. The molecule has 1 fully saturated rings. The van der Waals surface area contributed by atoms with Gasteiger partial charge in [0.05, 0.1) is 5.52 Å². The number of likely N-dealkylation sites (tertiary alicyclic amines) is 1. The summed E-state index contributed by atoms with van der Waals surface area (Å²) in [4.78, 5) is 14.7. The van der Waals surface area contributed by atoms with Crippen LogP contribution in [0.25, 0.3) is 22.0 Å². The van der Waals surface area contributed by atoms with Crippen molar-refractivity contribution < 1.29 is 13.6 Å². The van der Waals surface area contributed by atoms with Crippen LogP contribution in [0.1, 0.15) is 42.7 Å². The maximum Gasteiger partial charge on any atom is 0.272 e. The highest BCUT2D eigenvalue weighted by Gasteiger charge is 2.19. The Hall–Kier alpha value is -2.80. The van der Waals surface area contributed by atoms with Crippen LogP contribution in [0.3, 0.4) is 0 Å². The van der Waals surface area contributed by atoms with Crippen molar-refractivity contribution in [2.45, 2.75) is 39.3 Å². The number of fused-ring (bicyclic) bond motifs is 1. The van der Waals surface area contributed by atoms with Crippen molar-refractivity contribution in [3.05, 3.63) is 53.2 Å². The predicted octanol–water partition coefficient (Wildman–Crippen LogP) is 4.24. The molecule has 2 aromatic carbocycles. The van der Waals surface area contributed by atoms with Crippen LogP contribution < -0.4 is 5.32 Å². The lowest BCUT2D eigenvalue weighted by molar-refractivity contribution is 0.0939. The molecule has 0 radical (unpaired) electrons. The number of H-pyrrole nitrogens is 1. The van der Waals surface area contributed by atoms with Gasteiger partial charge in [0.15, 0.2) is 17.3 Å². The number of benzene rings is 2. The lowest BCUT2D eigenvalue weighted by Gasteiger charge is -2.16. The van der Waals surface area contributed by atoms with Gasteiger partial charge in [0.1, 0.15) is 0 Å². The minimum Gasteiger partial charge on any atom is -0.348 e. The molecular formula is C22H24F2N4O. The van der Waals surface area contributed by atoms with Crippen LogP contribution in [0.4, 0.5) is 8.78 Å². The van der Waals surface area contributed by atoms with E-state index in [2.05, 4.69) is 20.4 Å². The van der Waals surface area contributed by atoms with Gasteiger partial charge in [0, 0.05) is 23.5 Å². The number of halogens is 2. The topological polar surface area (TPSA) is 61.0 Å². The van der Waals surface area contributed by atoms with E-state index in [1.165, 1.54) is 6.07 Å². The highest BCUT2D eigenvalue weighted by molar-refractivity contribution is 6.05. The number of carbonyl (C=O) groups is 1. The van der Waals surface area contributed by atoms with Gasteiger partial charge in [0.2, 0.25) is 0 Å². The summed E-state index contributed by atoms with van der Waals surface area (Å²) in [5.41, 5.74) is 2.35. The van der Waals surface area contributed by atoms with E-state index in [0.29, 0.717) is 23.0 Å². The Kier molecular flexibility index (Phi) is 5.32. The number of aromatic nitrogens is 2. The minimum atomic E-state index is -0.883. The van der Waals surface area contributed by atoms with E-state index < -0.39 is 11.6 Å². The van der Waals surface area contributed by atoms with Crippen LogP contribution in [-0.4, -0.2) is 40.1 Å². The zero-order valence-electron chi connectivity index (χ0n) is 16.6. The second-order valence-electron chi connectivity index (χ2n) is 7.88. The summed E-state index contributed by atoms with van der Waals surface area (Å²) in [6.45, 7) is 6.28. The quantitative estimate of drug-likeness (QED) is 0.676. The monoisotopic (exact) mass is 398 g/mol. The summed E-state index contributed by atoms with van der Waals surface area (Å²) in [5.74, 6) is -2.05. The summed E-state index contributed by atoms with van der Waals surface area (Å²) in [6, 6.07) is 8.06. The second-order valence-corrected chi connectivity index (χ2v) is 7.88. The number of nitrogens with one attached hydrogen (secondary N) is 2. The Morgan fingerprint density at radius 1 is 1.21 bits per heavy atom. The first-order valence-electron chi connectivity index (χ1n) is 9.92. The van der Waals surface area contributed by atoms with E-state index in [0.717, 1.165) is 31.5 Å². The largest absolute Gasteiger partial charge is 0.348 e. The number of amides is 1. The molecule has 152 valence electrons. The molecule has 1 aliphatic rings. The number of hydrogen-bond donors (Lipinski definition) is 2. The summed E-state index contributed by atoms with van der Waals surface area (Å²) in [6.07, 6.45) is 2.27. The van der Waals surface area contributed by atoms with Gasteiger partial charge in [-0.2, -0.15) is 5.10 Å². The van der Waals surface area contributed by atoms with Gasteiger partial charge in [-0.1, -0.05) is 6.07 Å². The highest BCUT2D eigenvalue weighted by atomic mass is 19.2. The average Bonchev–Trinajstić information content (AvgIpc) is 3.33. The third-order valence-corrected chi connectivity index (χ3v) is 5.20. The number of nitrogens with zero attached hydrogens (tertiary/aromatic N) is 2. The molecule has 7 heteroatoms. The summed E-state index contributed by atoms with van der Waals surface area (Å²) < 4.78 is 29.0.